The quantitative estimate of drug-likeness (QED) is 0.914. The molecule has 2 unspecified atom stereocenters. The Labute approximate surface area is 106 Å². The molecule has 17 heavy (non-hydrogen) atoms. The fourth-order valence-corrected chi connectivity index (χ4v) is 2.27. The first-order valence-corrected chi connectivity index (χ1v) is 7.43. The highest BCUT2D eigenvalue weighted by molar-refractivity contribution is 7.91. The van der Waals surface area contributed by atoms with E-state index in [0.29, 0.717) is 12.0 Å². The molecule has 3 nitrogen and oxygen atoms in total. The number of benzene rings is 1. The second-order valence-corrected chi connectivity index (χ2v) is 6.96. The minimum Gasteiger partial charge on any atom is -0.326 e. The molecule has 2 atom stereocenters. The van der Waals surface area contributed by atoms with Crippen molar-refractivity contribution in [1.29, 1.82) is 0 Å². The number of halogens is 2. The van der Waals surface area contributed by atoms with Crippen molar-refractivity contribution in [2.24, 2.45) is 5.73 Å². The van der Waals surface area contributed by atoms with Crippen LogP contribution in [-0.2, 0) is 16.3 Å². The average Bonchev–Trinajstić information content (AvgIpc) is 2.21. The van der Waals surface area contributed by atoms with E-state index in [-0.39, 0.29) is 5.02 Å². The van der Waals surface area contributed by atoms with Crippen LogP contribution in [0.3, 0.4) is 0 Å². The van der Waals surface area contributed by atoms with Crippen molar-refractivity contribution in [2.75, 3.05) is 6.26 Å². The van der Waals surface area contributed by atoms with Gasteiger partial charge in [-0.05, 0) is 31.0 Å². The second kappa shape index (κ2) is 5.33. The van der Waals surface area contributed by atoms with E-state index in [1.165, 1.54) is 12.1 Å². The fraction of sp³-hybridized carbons (Fsp3) is 0.455. The van der Waals surface area contributed by atoms with E-state index in [1.807, 2.05) is 0 Å². The van der Waals surface area contributed by atoms with E-state index >= 15 is 0 Å². The summed E-state index contributed by atoms with van der Waals surface area (Å²) in [5, 5.41) is -0.625. The summed E-state index contributed by atoms with van der Waals surface area (Å²) in [6, 6.07) is 3.78. The molecule has 0 heterocycles. The summed E-state index contributed by atoms with van der Waals surface area (Å²) >= 11 is 5.55. The number of rotatable bonds is 4. The van der Waals surface area contributed by atoms with Gasteiger partial charge in [0.05, 0.1) is 10.3 Å². The van der Waals surface area contributed by atoms with Gasteiger partial charge in [0.2, 0.25) is 0 Å². The molecular weight excluding hydrogens is 265 g/mol. The SMILES string of the molecule is CC(C(N)Cc1ccc(Cl)c(F)c1)S(C)(=O)=O. The Morgan fingerprint density at radius 3 is 2.53 bits per heavy atom. The zero-order valence-electron chi connectivity index (χ0n) is 9.65. The highest BCUT2D eigenvalue weighted by atomic mass is 35.5. The Kier molecular flexibility index (Phi) is 4.52. The zero-order valence-corrected chi connectivity index (χ0v) is 11.2. The van der Waals surface area contributed by atoms with Gasteiger partial charge in [0.15, 0.2) is 9.84 Å². The van der Waals surface area contributed by atoms with E-state index in [9.17, 15) is 12.8 Å². The van der Waals surface area contributed by atoms with Gasteiger partial charge in [-0.2, -0.15) is 0 Å². The summed E-state index contributed by atoms with van der Waals surface area (Å²) in [6.07, 6.45) is 1.43. The Morgan fingerprint density at radius 1 is 1.47 bits per heavy atom. The van der Waals surface area contributed by atoms with Gasteiger partial charge in [0.1, 0.15) is 5.82 Å². The first-order valence-electron chi connectivity index (χ1n) is 5.10. The summed E-state index contributed by atoms with van der Waals surface area (Å²) in [7, 11) is -3.19. The molecule has 96 valence electrons. The molecular formula is C11H15ClFNO2S. The molecule has 0 saturated heterocycles. The van der Waals surface area contributed by atoms with Crippen LogP contribution in [0.15, 0.2) is 18.2 Å². The number of hydrogen-bond acceptors (Lipinski definition) is 3. The monoisotopic (exact) mass is 279 g/mol. The molecule has 1 aromatic carbocycles. The molecule has 0 aliphatic carbocycles. The van der Waals surface area contributed by atoms with Crippen LogP contribution in [0, 0.1) is 5.82 Å². The summed E-state index contributed by atoms with van der Waals surface area (Å²) in [5.74, 6) is -0.525. The van der Waals surface area contributed by atoms with Crippen LogP contribution >= 0.6 is 11.6 Å². The van der Waals surface area contributed by atoms with Gasteiger partial charge in [-0.25, -0.2) is 12.8 Å². The van der Waals surface area contributed by atoms with Crippen LogP contribution in [0.5, 0.6) is 0 Å². The van der Waals surface area contributed by atoms with E-state index in [4.69, 9.17) is 17.3 Å². The van der Waals surface area contributed by atoms with Crippen molar-refractivity contribution in [3.63, 3.8) is 0 Å². The van der Waals surface area contributed by atoms with Crippen molar-refractivity contribution in [1.82, 2.24) is 0 Å². The first kappa shape index (κ1) is 14.4. The lowest BCUT2D eigenvalue weighted by atomic mass is 10.0. The lowest BCUT2D eigenvalue weighted by Gasteiger charge is -2.18. The normalized spacial score (nSPS) is 15.6. The highest BCUT2D eigenvalue weighted by Crippen LogP contribution is 2.17. The predicted molar refractivity (Wildman–Crippen MR) is 67.4 cm³/mol. The molecule has 6 heteroatoms. The molecule has 1 aromatic rings. The van der Waals surface area contributed by atoms with Gasteiger partial charge >= 0.3 is 0 Å². The van der Waals surface area contributed by atoms with Crippen molar-refractivity contribution >= 4 is 21.4 Å². The molecule has 0 aromatic heterocycles. The van der Waals surface area contributed by atoms with Gasteiger partial charge in [0.25, 0.3) is 0 Å². The minimum absolute atomic E-state index is 0.0403. The fourth-order valence-electron chi connectivity index (χ4n) is 1.42. The number of hydrogen-bond donors (Lipinski definition) is 1. The van der Waals surface area contributed by atoms with Crippen molar-refractivity contribution < 1.29 is 12.8 Å². The van der Waals surface area contributed by atoms with E-state index < -0.39 is 26.9 Å². The molecule has 0 amide bonds. The van der Waals surface area contributed by atoms with Crippen LogP contribution in [0.25, 0.3) is 0 Å². The summed E-state index contributed by atoms with van der Waals surface area (Å²) in [5.41, 5.74) is 6.42. The van der Waals surface area contributed by atoms with Crippen molar-refractivity contribution in [2.45, 2.75) is 24.6 Å². The summed E-state index contributed by atoms with van der Waals surface area (Å²) < 4.78 is 35.8. The Balaban J connectivity index is 2.81. The van der Waals surface area contributed by atoms with Crippen LogP contribution in [0.1, 0.15) is 12.5 Å². The maximum atomic E-state index is 13.2. The van der Waals surface area contributed by atoms with E-state index in [0.717, 1.165) is 6.26 Å². The number of sulfone groups is 1. The van der Waals surface area contributed by atoms with Crippen LogP contribution in [0.2, 0.25) is 5.02 Å². The molecule has 0 radical (unpaired) electrons. The molecule has 0 aliphatic rings. The molecule has 1 rings (SSSR count). The maximum absolute atomic E-state index is 13.2. The Morgan fingerprint density at radius 2 is 2.06 bits per heavy atom. The molecule has 0 saturated carbocycles. The van der Waals surface area contributed by atoms with Gasteiger partial charge in [0, 0.05) is 12.3 Å². The molecule has 0 fully saturated rings. The van der Waals surface area contributed by atoms with Crippen LogP contribution < -0.4 is 5.73 Å². The largest absolute Gasteiger partial charge is 0.326 e. The van der Waals surface area contributed by atoms with Crippen LogP contribution in [0.4, 0.5) is 4.39 Å². The van der Waals surface area contributed by atoms with E-state index in [1.54, 1.807) is 13.0 Å². The molecule has 0 bridgehead atoms. The minimum atomic E-state index is -3.19. The topological polar surface area (TPSA) is 60.2 Å². The third kappa shape index (κ3) is 3.94. The zero-order chi connectivity index (χ0) is 13.2. The highest BCUT2D eigenvalue weighted by Gasteiger charge is 2.23. The van der Waals surface area contributed by atoms with Gasteiger partial charge in [-0.15, -0.1) is 0 Å². The first-order chi connectivity index (χ1) is 7.71. The third-order valence-corrected chi connectivity index (χ3v) is 4.74. The van der Waals surface area contributed by atoms with Crippen LogP contribution in [-0.4, -0.2) is 26.0 Å². The van der Waals surface area contributed by atoms with Crippen molar-refractivity contribution in [3.8, 4) is 0 Å². The third-order valence-electron chi connectivity index (χ3n) is 2.73. The lowest BCUT2D eigenvalue weighted by Crippen LogP contribution is -2.39. The predicted octanol–water partition coefficient (Wildman–Crippen LogP) is 1.78. The Hall–Kier alpha value is -0.650. The average molecular weight is 280 g/mol. The maximum Gasteiger partial charge on any atom is 0.151 e. The number of nitrogens with two attached hydrogens (primary N) is 1. The molecule has 0 aliphatic heterocycles. The van der Waals surface area contributed by atoms with Crippen molar-refractivity contribution in [3.05, 3.63) is 34.6 Å². The smallest absolute Gasteiger partial charge is 0.151 e. The van der Waals surface area contributed by atoms with E-state index in [2.05, 4.69) is 0 Å². The molecule has 0 spiro atoms. The van der Waals surface area contributed by atoms with Gasteiger partial charge < -0.3 is 5.73 Å². The van der Waals surface area contributed by atoms with Gasteiger partial charge in [-0.1, -0.05) is 17.7 Å². The Bertz CT molecular complexity index is 504. The summed E-state index contributed by atoms with van der Waals surface area (Å²) in [6.45, 7) is 1.55. The molecule has 2 N–H and O–H groups in total. The second-order valence-electron chi connectivity index (χ2n) is 4.15. The standard InChI is InChI=1S/C11H15ClFNO2S/c1-7(17(2,15)16)11(14)6-8-3-4-9(12)10(13)5-8/h3-5,7,11H,6,14H2,1-2H3. The van der Waals surface area contributed by atoms with Gasteiger partial charge in [-0.3, -0.25) is 0 Å². The summed E-state index contributed by atoms with van der Waals surface area (Å²) in [4.78, 5) is 0. The lowest BCUT2D eigenvalue weighted by molar-refractivity contribution is 0.561.